The zero-order valence-corrected chi connectivity index (χ0v) is 14.3. The zero-order valence-electron chi connectivity index (χ0n) is 13.5. The zero-order chi connectivity index (χ0) is 16.1. The minimum Gasteiger partial charge on any atom is -0.368 e. The van der Waals surface area contributed by atoms with Crippen molar-refractivity contribution >= 4 is 17.3 Å². The molecular formula is C16H23ClN6. The molecule has 1 fully saturated rings. The Balaban J connectivity index is 1.55. The van der Waals surface area contributed by atoms with E-state index in [1.807, 2.05) is 22.9 Å². The highest BCUT2D eigenvalue weighted by Crippen LogP contribution is 2.26. The molecule has 2 heterocycles. The lowest BCUT2D eigenvalue weighted by atomic mass is 10.2. The van der Waals surface area contributed by atoms with Crippen LogP contribution < -0.4 is 4.90 Å². The topological polar surface area (TPSA) is 50.1 Å². The summed E-state index contributed by atoms with van der Waals surface area (Å²) >= 11 is 6.29. The SMILES string of the molecule is CCCCn1nnnc1CN1CCN(c2ccccc2Cl)CC1. The number of tetrazole rings is 1. The Morgan fingerprint density at radius 1 is 1.13 bits per heavy atom. The largest absolute Gasteiger partial charge is 0.368 e. The summed E-state index contributed by atoms with van der Waals surface area (Å²) in [5, 5.41) is 12.9. The van der Waals surface area contributed by atoms with E-state index in [9.17, 15) is 0 Å². The first-order valence-electron chi connectivity index (χ1n) is 8.25. The molecule has 0 N–H and O–H groups in total. The Bertz CT molecular complexity index is 621. The Labute approximate surface area is 142 Å². The van der Waals surface area contributed by atoms with Gasteiger partial charge in [-0.1, -0.05) is 37.1 Å². The molecular weight excluding hydrogens is 312 g/mol. The van der Waals surface area contributed by atoms with Crippen LogP contribution in [-0.2, 0) is 13.1 Å². The molecule has 1 saturated heterocycles. The molecule has 0 atom stereocenters. The van der Waals surface area contributed by atoms with Crippen LogP contribution in [0.5, 0.6) is 0 Å². The van der Waals surface area contributed by atoms with Gasteiger partial charge in [-0.15, -0.1) is 5.10 Å². The molecule has 6 nitrogen and oxygen atoms in total. The van der Waals surface area contributed by atoms with E-state index in [0.29, 0.717) is 0 Å². The van der Waals surface area contributed by atoms with Crippen LogP contribution in [0.4, 0.5) is 5.69 Å². The van der Waals surface area contributed by atoms with Gasteiger partial charge in [-0.25, -0.2) is 4.68 Å². The van der Waals surface area contributed by atoms with Gasteiger partial charge < -0.3 is 4.90 Å². The lowest BCUT2D eigenvalue weighted by molar-refractivity contribution is 0.239. The second-order valence-corrected chi connectivity index (χ2v) is 6.29. The van der Waals surface area contributed by atoms with Crippen LogP contribution in [0.1, 0.15) is 25.6 Å². The number of nitrogens with zero attached hydrogens (tertiary/aromatic N) is 6. The van der Waals surface area contributed by atoms with Gasteiger partial charge in [-0.2, -0.15) is 0 Å². The number of aryl methyl sites for hydroxylation is 1. The summed E-state index contributed by atoms with van der Waals surface area (Å²) in [6.45, 7) is 7.82. The molecule has 1 aromatic carbocycles. The van der Waals surface area contributed by atoms with E-state index in [0.717, 1.165) is 68.6 Å². The average molecular weight is 335 g/mol. The van der Waals surface area contributed by atoms with Gasteiger partial charge in [0.15, 0.2) is 5.82 Å². The van der Waals surface area contributed by atoms with Crippen LogP contribution in [-0.4, -0.2) is 51.3 Å². The van der Waals surface area contributed by atoms with Crippen molar-refractivity contribution in [2.75, 3.05) is 31.1 Å². The van der Waals surface area contributed by atoms with E-state index >= 15 is 0 Å². The fraction of sp³-hybridized carbons (Fsp3) is 0.562. The quantitative estimate of drug-likeness (QED) is 0.812. The Hall–Kier alpha value is -1.66. The maximum Gasteiger partial charge on any atom is 0.165 e. The highest BCUT2D eigenvalue weighted by atomic mass is 35.5. The number of benzene rings is 1. The number of rotatable bonds is 6. The third-order valence-corrected chi connectivity index (χ3v) is 4.58. The van der Waals surface area contributed by atoms with Crippen molar-refractivity contribution < 1.29 is 0 Å². The van der Waals surface area contributed by atoms with Crippen molar-refractivity contribution in [2.24, 2.45) is 0 Å². The summed E-state index contributed by atoms with van der Waals surface area (Å²) in [4.78, 5) is 4.75. The van der Waals surface area contributed by atoms with Gasteiger partial charge >= 0.3 is 0 Å². The number of unbranched alkanes of at least 4 members (excludes halogenated alkanes) is 1. The number of aromatic nitrogens is 4. The summed E-state index contributed by atoms with van der Waals surface area (Å²) in [5.41, 5.74) is 1.13. The highest BCUT2D eigenvalue weighted by Gasteiger charge is 2.20. The molecule has 0 radical (unpaired) electrons. The van der Waals surface area contributed by atoms with Gasteiger partial charge in [0.2, 0.25) is 0 Å². The van der Waals surface area contributed by atoms with Gasteiger partial charge in [-0.3, -0.25) is 4.90 Å². The molecule has 0 aliphatic carbocycles. The standard InChI is InChI=1S/C16H23ClN6/c1-2-3-8-23-16(18-19-20-23)13-21-9-11-22(12-10-21)15-7-5-4-6-14(15)17/h4-7H,2-3,8-13H2,1H3. The molecule has 7 heteroatoms. The van der Waals surface area contributed by atoms with Crippen LogP contribution >= 0.6 is 11.6 Å². The monoisotopic (exact) mass is 334 g/mol. The molecule has 0 saturated carbocycles. The Morgan fingerprint density at radius 3 is 2.65 bits per heavy atom. The van der Waals surface area contributed by atoms with Crippen molar-refractivity contribution in [1.29, 1.82) is 0 Å². The van der Waals surface area contributed by atoms with E-state index < -0.39 is 0 Å². The number of hydrogen-bond acceptors (Lipinski definition) is 5. The Kier molecular flexibility index (Phi) is 5.46. The van der Waals surface area contributed by atoms with Crippen molar-refractivity contribution in [3.8, 4) is 0 Å². The normalized spacial score (nSPS) is 16.0. The lowest BCUT2D eigenvalue weighted by Gasteiger charge is -2.36. The summed E-state index contributed by atoms with van der Waals surface area (Å²) < 4.78 is 1.93. The van der Waals surface area contributed by atoms with Crippen LogP contribution in [0.2, 0.25) is 5.02 Å². The van der Waals surface area contributed by atoms with E-state index in [1.165, 1.54) is 0 Å². The van der Waals surface area contributed by atoms with Crippen LogP contribution in [0.15, 0.2) is 24.3 Å². The van der Waals surface area contributed by atoms with Crippen LogP contribution in [0, 0.1) is 0 Å². The third-order valence-electron chi connectivity index (χ3n) is 4.26. The summed E-state index contributed by atoms with van der Waals surface area (Å²) in [7, 11) is 0. The molecule has 0 unspecified atom stereocenters. The van der Waals surface area contributed by atoms with Gasteiger partial charge in [0.1, 0.15) is 0 Å². The third kappa shape index (κ3) is 4.00. The van der Waals surface area contributed by atoms with Crippen LogP contribution in [0.25, 0.3) is 0 Å². The first-order chi connectivity index (χ1) is 11.3. The predicted octanol–water partition coefficient (Wildman–Crippen LogP) is 2.45. The smallest absolute Gasteiger partial charge is 0.165 e. The van der Waals surface area contributed by atoms with Crippen molar-refractivity contribution in [1.82, 2.24) is 25.1 Å². The van der Waals surface area contributed by atoms with E-state index in [2.05, 4.69) is 38.3 Å². The summed E-state index contributed by atoms with van der Waals surface area (Å²) in [5.74, 6) is 0.963. The fourth-order valence-corrected chi connectivity index (χ4v) is 3.13. The minimum atomic E-state index is 0.813. The van der Waals surface area contributed by atoms with Crippen molar-refractivity contribution in [2.45, 2.75) is 32.9 Å². The number of halogens is 1. The van der Waals surface area contributed by atoms with Crippen molar-refractivity contribution in [3.05, 3.63) is 35.1 Å². The molecule has 1 aliphatic rings. The van der Waals surface area contributed by atoms with Gasteiger partial charge in [0.05, 0.1) is 17.3 Å². The number of hydrogen-bond donors (Lipinski definition) is 0. The summed E-state index contributed by atoms with van der Waals surface area (Å²) in [6.07, 6.45) is 2.26. The first-order valence-corrected chi connectivity index (χ1v) is 8.62. The van der Waals surface area contributed by atoms with Gasteiger partial charge in [-0.05, 0) is 29.0 Å². The molecule has 2 aromatic rings. The number of para-hydroxylation sites is 1. The molecule has 1 aromatic heterocycles. The minimum absolute atomic E-state index is 0.813. The van der Waals surface area contributed by atoms with Gasteiger partial charge in [0.25, 0.3) is 0 Å². The van der Waals surface area contributed by atoms with E-state index in [4.69, 9.17) is 11.6 Å². The van der Waals surface area contributed by atoms with E-state index in [-0.39, 0.29) is 0 Å². The number of piperazine rings is 1. The second kappa shape index (κ2) is 7.75. The molecule has 0 spiro atoms. The average Bonchev–Trinajstić information content (AvgIpc) is 3.01. The van der Waals surface area contributed by atoms with E-state index in [1.54, 1.807) is 0 Å². The second-order valence-electron chi connectivity index (χ2n) is 5.89. The molecule has 0 bridgehead atoms. The van der Waals surface area contributed by atoms with Crippen LogP contribution in [0.3, 0.4) is 0 Å². The first kappa shape index (κ1) is 16.2. The summed E-state index contributed by atoms with van der Waals surface area (Å²) in [6, 6.07) is 8.04. The van der Waals surface area contributed by atoms with Gasteiger partial charge in [0, 0.05) is 32.7 Å². The molecule has 0 amide bonds. The molecule has 23 heavy (non-hydrogen) atoms. The molecule has 3 rings (SSSR count). The Morgan fingerprint density at radius 2 is 1.91 bits per heavy atom. The molecule has 1 aliphatic heterocycles. The highest BCUT2D eigenvalue weighted by molar-refractivity contribution is 6.33. The maximum absolute atomic E-state index is 6.29. The predicted molar refractivity (Wildman–Crippen MR) is 91.7 cm³/mol. The molecule has 124 valence electrons. The fourth-order valence-electron chi connectivity index (χ4n) is 2.87. The maximum atomic E-state index is 6.29. The number of anilines is 1. The van der Waals surface area contributed by atoms with Crippen molar-refractivity contribution in [3.63, 3.8) is 0 Å². The lowest BCUT2D eigenvalue weighted by Crippen LogP contribution is -2.46.